The highest BCUT2D eigenvalue weighted by Crippen LogP contribution is 2.27. The van der Waals surface area contributed by atoms with Gasteiger partial charge in [-0.2, -0.15) is 17.6 Å². The molecule has 0 rings (SSSR count). The summed E-state index contributed by atoms with van der Waals surface area (Å²) in [4.78, 5) is 0. The summed E-state index contributed by atoms with van der Waals surface area (Å²) >= 11 is 0. The summed E-state index contributed by atoms with van der Waals surface area (Å²) < 4.78 is 55.1. The maximum absolute atomic E-state index is 11.3. The van der Waals surface area contributed by atoms with Crippen molar-refractivity contribution < 1.29 is 22.0 Å². The Balaban J connectivity index is 4.13. The minimum atomic E-state index is -4.60. The van der Waals surface area contributed by atoms with Crippen LogP contribution in [-0.2, 0) is 0 Å². The van der Waals surface area contributed by atoms with E-state index in [2.05, 4.69) is 0 Å². The number of rotatable bonds is 1. The minimum Gasteiger partial charge on any atom is -0.191 e. The molecule has 0 aliphatic carbocycles. The Morgan fingerprint density at radius 3 is 1.78 bits per heavy atom. The molecule has 0 saturated carbocycles. The summed E-state index contributed by atoms with van der Waals surface area (Å²) in [7, 11) is 0. The van der Waals surface area contributed by atoms with Crippen molar-refractivity contribution >= 4 is 0 Å². The van der Waals surface area contributed by atoms with Gasteiger partial charge in [-0.3, -0.25) is 0 Å². The Kier molecular flexibility index (Phi) is 2.43. The minimum absolute atomic E-state index is 0.188. The zero-order valence-electron chi connectivity index (χ0n) is 3.89. The monoisotopic (exact) mass is 143 g/mol. The van der Waals surface area contributed by atoms with Gasteiger partial charge in [-0.1, -0.05) is 0 Å². The van der Waals surface area contributed by atoms with Crippen LogP contribution in [0, 0.1) is 18.5 Å². The molecule has 0 fully saturated rings. The predicted octanol–water partition coefficient (Wildman–Crippen LogP) is 1.98. The first-order valence-electron chi connectivity index (χ1n) is 1.69. The maximum atomic E-state index is 11.3. The molecule has 0 nitrogen and oxygen atoms in total. The molecule has 0 N–H and O–H groups in total. The second-order valence-electron chi connectivity index (χ2n) is 1.05. The van der Waals surface area contributed by atoms with Crippen LogP contribution < -0.4 is 0 Å². The zero-order chi connectivity index (χ0) is 7.49. The highest BCUT2D eigenvalue weighted by molar-refractivity contribution is 5.11. The third kappa shape index (κ3) is 2.31. The van der Waals surface area contributed by atoms with Crippen LogP contribution in [0.2, 0.25) is 0 Å². The van der Waals surface area contributed by atoms with Crippen molar-refractivity contribution in [1.29, 1.82) is 0 Å². The number of hydrogen-bond acceptors (Lipinski definition) is 0. The van der Waals surface area contributed by atoms with Crippen LogP contribution in [-0.4, -0.2) is 5.92 Å². The first-order chi connectivity index (χ1) is 4.00. The molecule has 1 radical (unpaired) electrons. The lowest BCUT2D eigenvalue weighted by Gasteiger charge is -2.02. The van der Waals surface area contributed by atoms with Gasteiger partial charge in [0.1, 0.15) is 6.17 Å². The fourth-order valence-electron chi connectivity index (χ4n) is 0.107. The van der Waals surface area contributed by atoms with Crippen molar-refractivity contribution in [2.24, 2.45) is 0 Å². The Hall–Kier alpha value is -0.790. The van der Waals surface area contributed by atoms with Crippen molar-refractivity contribution in [3.05, 3.63) is 6.43 Å². The molecular weight excluding hydrogens is 143 g/mol. The van der Waals surface area contributed by atoms with Crippen molar-refractivity contribution in [1.82, 2.24) is 0 Å². The lowest BCUT2D eigenvalue weighted by Crippen LogP contribution is -2.16. The van der Waals surface area contributed by atoms with E-state index in [4.69, 9.17) is 0 Å². The van der Waals surface area contributed by atoms with Crippen LogP contribution in [0.4, 0.5) is 22.0 Å². The molecule has 51 valence electrons. The van der Waals surface area contributed by atoms with Crippen LogP contribution in [0.25, 0.3) is 0 Å². The van der Waals surface area contributed by atoms with Gasteiger partial charge in [0.05, 0.1) is 0 Å². The largest absolute Gasteiger partial charge is 0.391 e. The van der Waals surface area contributed by atoms with Gasteiger partial charge in [0.25, 0.3) is 0 Å². The van der Waals surface area contributed by atoms with E-state index in [1.54, 1.807) is 0 Å². The van der Waals surface area contributed by atoms with E-state index < -0.39 is 12.3 Å². The summed E-state index contributed by atoms with van der Waals surface area (Å²) in [6.07, 6.45) is -3.01. The molecule has 0 spiro atoms. The summed E-state index contributed by atoms with van der Waals surface area (Å²) in [6.45, 7) is 0. The molecule has 0 amide bonds. The van der Waals surface area contributed by atoms with E-state index in [-0.39, 0.29) is 6.17 Å². The third-order valence-corrected chi connectivity index (χ3v) is 0.442. The Labute approximate surface area is 47.7 Å². The molecule has 0 aromatic carbocycles. The van der Waals surface area contributed by atoms with E-state index in [1.807, 2.05) is 0 Å². The SMILES string of the molecule is FC#CC(F)(F)[C](F)F. The lowest BCUT2D eigenvalue weighted by molar-refractivity contribution is -0.00780. The first kappa shape index (κ1) is 8.21. The Morgan fingerprint density at radius 2 is 1.67 bits per heavy atom. The second kappa shape index (κ2) is 2.67. The van der Waals surface area contributed by atoms with Gasteiger partial charge in [-0.05, 0) is 0 Å². The van der Waals surface area contributed by atoms with Crippen molar-refractivity contribution in [2.45, 2.75) is 5.92 Å². The molecule has 0 aliphatic rings. The van der Waals surface area contributed by atoms with Crippen LogP contribution >= 0.6 is 0 Å². The summed E-state index contributed by atoms with van der Waals surface area (Å²) in [6, 6.07) is 0. The van der Waals surface area contributed by atoms with Gasteiger partial charge in [0.2, 0.25) is 0 Å². The average molecular weight is 143 g/mol. The van der Waals surface area contributed by atoms with Gasteiger partial charge < -0.3 is 0 Å². The third-order valence-electron chi connectivity index (χ3n) is 0.442. The smallest absolute Gasteiger partial charge is 0.191 e. The lowest BCUT2D eigenvalue weighted by atomic mass is 10.4. The van der Waals surface area contributed by atoms with Gasteiger partial charge in [-0.25, -0.2) is 0 Å². The van der Waals surface area contributed by atoms with Crippen LogP contribution in [0.3, 0.4) is 0 Å². The molecule has 0 aromatic rings. The molecule has 0 aromatic heterocycles. The van der Waals surface area contributed by atoms with Gasteiger partial charge in [0, 0.05) is 5.92 Å². The van der Waals surface area contributed by atoms with E-state index in [0.29, 0.717) is 5.92 Å². The standard InChI is InChI=1S/C4F5/c5-2-1-4(8,9)3(6)7. The highest BCUT2D eigenvalue weighted by atomic mass is 19.3. The van der Waals surface area contributed by atoms with Crippen molar-refractivity contribution in [3.63, 3.8) is 0 Å². The molecule has 0 saturated heterocycles. The first-order valence-corrected chi connectivity index (χ1v) is 1.69. The maximum Gasteiger partial charge on any atom is 0.391 e. The molecule has 0 atom stereocenters. The van der Waals surface area contributed by atoms with E-state index in [9.17, 15) is 22.0 Å². The van der Waals surface area contributed by atoms with Gasteiger partial charge in [0.15, 0.2) is 0 Å². The quantitative estimate of drug-likeness (QED) is 0.389. The number of alkyl halides is 2. The molecule has 0 heterocycles. The predicted molar refractivity (Wildman–Crippen MR) is 19.3 cm³/mol. The zero-order valence-corrected chi connectivity index (χ0v) is 3.89. The molecular formula is C4F5. The van der Waals surface area contributed by atoms with Gasteiger partial charge >= 0.3 is 12.3 Å². The van der Waals surface area contributed by atoms with Crippen LogP contribution in [0.1, 0.15) is 0 Å². The van der Waals surface area contributed by atoms with E-state index in [0.717, 1.165) is 0 Å². The number of hydrogen-bond donors (Lipinski definition) is 0. The Bertz CT molecular complexity index is 139. The summed E-state index contributed by atoms with van der Waals surface area (Å²) in [5.74, 6) is -4.22. The number of halogens is 5. The second-order valence-corrected chi connectivity index (χ2v) is 1.05. The topological polar surface area (TPSA) is 0 Å². The van der Waals surface area contributed by atoms with Gasteiger partial charge in [-0.15, -0.1) is 4.39 Å². The summed E-state index contributed by atoms with van der Waals surface area (Å²) in [5, 5.41) is 0. The fraction of sp³-hybridized carbons (Fsp3) is 0.250. The molecule has 5 heteroatoms. The highest BCUT2D eigenvalue weighted by Gasteiger charge is 2.41. The van der Waals surface area contributed by atoms with Crippen LogP contribution in [0.15, 0.2) is 0 Å². The molecule has 9 heavy (non-hydrogen) atoms. The van der Waals surface area contributed by atoms with Crippen LogP contribution in [0.5, 0.6) is 0 Å². The fourth-order valence-corrected chi connectivity index (χ4v) is 0.107. The molecule has 0 unspecified atom stereocenters. The summed E-state index contributed by atoms with van der Waals surface area (Å²) in [5.41, 5.74) is 0. The normalized spacial score (nSPS) is 10.9. The average Bonchev–Trinajstić information content (AvgIpc) is 1.65. The Morgan fingerprint density at radius 1 is 1.22 bits per heavy atom. The molecule has 0 bridgehead atoms. The molecule has 0 aliphatic heterocycles. The van der Waals surface area contributed by atoms with Crippen molar-refractivity contribution in [2.75, 3.05) is 0 Å². The van der Waals surface area contributed by atoms with Crippen molar-refractivity contribution in [3.8, 4) is 12.1 Å². The van der Waals surface area contributed by atoms with E-state index in [1.165, 1.54) is 0 Å². The van der Waals surface area contributed by atoms with E-state index >= 15 is 0 Å².